The fourth-order valence-corrected chi connectivity index (χ4v) is 3.61. The van der Waals surface area contributed by atoms with Crippen molar-refractivity contribution >= 4 is 0 Å². The molecule has 0 radical (unpaired) electrons. The Bertz CT molecular complexity index is 1140. The van der Waals surface area contributed by atoms with Gasteiger partial charge in [0.25, 0.3) is 0 Å². The monoisotopic (exact) mass is 377 g/mol. The van der Waals surface area contributed by atoms with Gasteiger partial charge < -0.3 is 4.57 Å². The number of nitrogens with zero attached hydrogens (tertiary/aromatic N) is 3. The normalized spacial score (nSPS) is 10.7. The summed E-state index contributed by atoms with van der Waals surface area (Å²) in [4.78, 5) is 9.26. The highest BCUT2D eigenvalue weighted by Crippen LogP contribution is 2.22. The molecule has 4 rings (SSSR count). The van der Waals surface area contributed by atoms with Crippen molar-refractivity contribution in [3.8, 4) is 18.0 Å². The lowest BCUT2D eigenvalue weighted by molar-refractivity contribution is 0.911. The molecule has 0 aliphatic carbocycles. The second-order valence-electron chi connectivity index (χ2n) is 7.31. The van der Waals surface area contributed by atoms with Crippen LogP contribution in [0.1, 0.15) is 39.3 Å². The molecule has 0 N–H and O–H groups in total. The number of hydrogen-bond donors (Lipinski definition) is 0. The van der Waals surface area contributed by atoms with Gasteiger partial charge in [-0.25, -0.2) is 9.97 Å². The Kier molecular flexibility index (Phi) is 5.27. The van der Waals surface area contributed by atoms with Crippen molar-refractivity contribution in [2.24, 2.45) is 0 Å². The van der Waals surface area contributed by atoms with Crippen LogP contribution in [-0.4, -0.2) is 14.5 Å². The van der Waals surface area contributed by atoms with Crippen LogP contribution in [0.2, 0.25) is 0 Å². The third-order valence-corrected chi connectivity index (χ3v) is 5.19. The van der Waals surface area contributed by atoms with Gasteiger partial charge in [-0.1, -0.05) is 18.1 Å². The summed E-state index contributed by atoms with van der Waals surface area (Å²) < 4.78 is 2.14. The first-order valence-corrected chi connectivity index (χ1v) is 9.72. The zero-order chi connectivity index (χ0) is 20.2. The average Bonchev–Trinajstić information content (AvgIpc) is 3.26. The first kappa shape index (κ1) is 18.7. The highest BCUT2D eigenvalue weighted by molar-refractivity contribution is 5.47. The van der Waals surface area contributed by atoms with Gasteiger partial charge in [-0.05, 0) is 78.6 Å². The number of hydrogen-bond acceptors (Lipinski definition) is 2. The van der Waals surface area contributed by atoms with Gasteiger partial charge in [0, 0.05) is 48.4 Å². The van der Waals surface area contributed by atoms with Crippen LogP contribution in [0, 0.1) is 26.2 Å². The van der Waals surface area contributed by atoms with E-state index < -0.39 is 0 Å². The van der Waals surface area contributed by atoms with Crippen LogP contribution in [0.25, 0.3) is 5.69 Å². The second-order valence-corrected chi connectivity index (χ2v) is 7.31. The Labute approximate surface area is 172 Å². The van der Waals surface area contributed by atoms with Crippen molar-refractivity contribution in [3.05, 3.63) is 113 Å². The van der Waals surface area contributed by atoms with Gasteiger partial charge in [-0.15, -0.1) is 6.42 Å². The van der Waals surface area contributed by atoms with E-state index in [-0.39, 0.29) is 0 Å². The molecule has 0 spiro atoms. The lowest BCUT2D eigenvalue weighted by Gasteiger charge is -2.14. The number of aryl methyl sites for hydroxylation is 2. The van der Waals surface area contributed by atoms with E-state index in [1.165, 1.54) is 22.4 Å². The van der Waals surface area contributed by atoms with Gasteiger partial charge in [-0.3, -0.25) is 0 Å². The molecule has 2 aromatic heterocycles. The molecular formula is C26H23N3. The maximum atomic E-state index is 5.43. The minimum Gasteiger partial charge on any atom is -0.324 e. The van der Waals surface area contributed by atoms with Crippen LogP contribution in [0.3, 0.4) is 0 Å². The van der Waals surface area contributed by atoms with E-state index >= 15 is 0 Å². The Morgan fingerprint density at radius 1 is 0.931 bits per heavy atom. The summed E-state index contributed by atoms with van der Waals surface area (Å²) in [6.45, 7) is 4.34. The smallest absolute Gasteiger partial charge is 0.132 e. The predicted molar refractivity (Wildman–Crippen MR) is 117 cm³/mol. The van der Waals surface area contributed by atoms with Gasteiger partial charge in [0.05, 0.1) is 0 Å². The molecule has 2 heterocycles. The summed E-state index contributed by atoms with van der Waals surface area (Å²) in [6, 6.07) is 18.6. The molecular weight excluding hydrogens is 354 g/mol. The standard InChI is InChI=1S/C26H23N3/c1-4-21-7-9-22(10-8-21)17-26-27-12-11-23(28-26)18-25-19(2)15-24(16-20(25)3)29-13-5-6-14-29/h1,5-16H,17-18H2,2-3H3. The van der Waals surface area contributed by atoms with Crippen molar-refractivity contribution in [2.75, 3.05) is 0 Å². The minimum atomic E-state index is 0.698. The average molecular weight is 377 g/mol. The van der Waals surface area contributed by atoms with Gasteiger partial charge in [0.2, 0.25) is 0 Å². The summed E-state index contributed by atoms with van der Waals surface area (Å²) in [7, 11) is 0. The molecule has 0 atom stereocenters. The van der Waals surface area contributed by atoms with Gasteiger partial charge in [0.1, 0.15) is 5.82 Å². The molecule has 0 fully saturated rings. The zero-order valence-electron chi connectivity index (χ0n) is 16.8. The number of terminal acetylenes is 1. The van der Waals surface area contributed by atoms with Gasteiger partial charge in [-0.2, -0.15) is 0 Å². The molecule has 3 nitrogen and oxygen atoms in total. The first-order valence-electron chi connectivity index (χ1n) is 9.72. The molecule has 0 aliphatic rings. The maximum absolute atomic E-state index is 5.43. The first-order chi connectivity index (χ1) is 14.1. The van der Waals surface area contributed by atoms with E-state index in [4.69, 9.17) is 11.4 Å². The summed E-state index contributed by atoms with van der Waals surface area (Å²) in [5.41, 5.74) is 8.14. The lowest BCUT2D eigenvalue weighted by atomic mass is 9.97. The molecule has 0 saturated heterocycles. The molecule has 0 amide bonds. The van der Waals surface area contributed by atoms with E-state index in [1.807, 2.05) is 48.7 Å². The highest BCUT2D eigenvalue weighted by atomic mass is 14.9. The SMILES string of the molecule is C#Cc1ccc(Cc2nccc(Cc3c(C)cc(-n4cccc4)cc3C)n2)cc1. The molecule has 3 heteroatoms. The second kappa shape index (κ2) is 8.16. The van der Waals surface area contributed by atoms with E-state index in [1.54, 1.807) is 0 Å². The molecule has 0 bridgehead atoms. The summed E-state index contributed by atoms with van der Waals surface area (Å²) >= 11 is 0. The van der Waals surface area contributed by atoms with Crippen LogP contribution in [0.15, 0.2) is 73.2 Å². The molecule has 142 valence electrons. The minimum absolute atomic E-state index is 0.698. The number of aromatic nitrogens is 3. The molecule has 0 saturated carbocycles. The third kappa shape index (κ3) is 4.28. The summed E-state index contributed by atoms with van der Waals surface area (Å²) in [5, 5.41) is 0. The summed E-state index contributed by atoms with van der Waals surface area (Å²) in [5.74, 6) is 3.47. The fraction of sp³-hybridized carbons (Fsp3) is 0.154. The summed E-state index contributed by atoms with van der Waals surface area (Å²) in [6.07, 6.45) is 12.9. The van der Waals surface area contributed by atoms with Crippen molar-refractivity contribution < 1.29 is 0 Å². The Morgan fingerprint density at radius 3 is 2.28 bits per heavy atom. The number of rotatable bonds is 5. The van der Waals surface area contributed by atoms with Gasteiger partial charge in [0.15, 0.2) is 0 Å². The van der Waals surface area contributed by atoms with Crippen molar-refractivity contribution in [3.63, 3.8) is 0 Å². The van der Waals surface area contributed by atoms with E-state index in [9.17, 15) is 0 Å². The van der Waals surface area contributed by atoms with Crippen molar-refractivity contribution in [2.45, 2.75) is 26.7 Å². The van der Waals surface area contributed by atoms with E-state index in [0.717, 1.165) is 29.1 Å². The largest absolute Gasteiger partial charge is 0.324 e. The third-order valence-electron chi connectivity index (χ3n) is 5.19. The Morgan fingerprint density at radius 2 is 1.62 bits per heavy atom. The fourth-order valence-electron chi connectivity index (χ4n) is 3.61. The van der Waals surface area contributed by atoms with Crippen LogP contribution >= 0.6 is 0 Å². The molecule has 29 heavy (non-hydrogen) atoms. The zero-order valence-corrected chi connectivity index (χ0v) is 16.8. The van der Waals surface area contributed by atoms with Crippen LogP contribution in [0.4, 0.5) is 0 Å². The van der Waals surface area contributed by atoms with E-state index in [2.05, 4.69) is 53.8 Å². The van der Waals surface area contributed by atoms with Crippen LogP contribution < -0.4 is 0 Å². The van der Waals surface area contributed by atoms with Gasteiger partial charge >= 0.3 is 0 Å². The molecule has 0 aliphatic heterocycles. The topological polar surface area (TPSA) is 30.7 Å². The van der Waals surface area contributed by atoms with Crippen LogP contribution in [0.5, 0.6) is 0 Å². The van der Waals surface area contributed by atoms with Crippen molar-refractivity contribution in [1.82, 2.24) is 14.5 Å². The quantitative estimate of drug-likeness (QED) is 0.456. The number of benzene rings is 2. The molecule has 2 aromatic carbocycles. The Hall–Kier alpha value is -3.64. The van der Waals surface area contributed by atoms with E-state index in [0.29, 0.717) is 6.42 Å². The molecule has 0 unspecified atom stereocenters. The highest BCUT2D eigenvalue weighted by Gasteiger charge is 2.09. The lowest BCUT2D eigenvalue weighted by Crippen LogP contribution is -2.04. The Balaban J connectivity index is 1.55. The van der Waals surface area contributed by atoms with Crippen LogP contribution in [-0.2, 0) is 12.8 Å². The predicted octanol–water partition coefficient (Wildman–Crippen LogP) is 5.05. The maximum Gasteiger partial charge on any atom is 0.132 e. The van der Waals surface area contributed by atoms with Crippen molar-refractivity contribution in [1.29, 1.82) is 0 Å². The molecule has 4 aromatic rings.